The highest BCUT2D eigenvalue weighted by Gasteiger charge is 2.52. The Labute approximate surface area is 208 Å². The van der Waals surface area contributed by atoms with Crippen molar-refractivity contribution in [1.29, 1.82) is 0 Å². The average Bonchev–Trinajstić information content (AvgIpc) is 3.50. The van der Waals surface area contributed by atoms with Crippen LogP contribution >= 0.6 is 11.6 Å². The van der Waals surface area contributed by atoms with Crippen molar-refractivity contribution in [2.45, 2.75) is 43.4 Å². The molecule has 192 valence electrons. The lowest BCUT2D eigenvalue weighted by Gasteiger charge is -2.24. The van der Waals surface area contributed by atoms with Crippen molar-refractivity contribution in [3.05, 3.63) is 57.9 Å². The summed E-state index contributed by atoms with van der Waals surface area (Å²) in [5.41, 5.74) is 4.68. The number of primary amides is 1. The fourth-order valence-corrected chi connectivity index (χ4v) is 6.31. The summed E-state index contributed by atoms with van der Waals surface area (Å²) >= 11 is 5.94. The third-order valence-corrected chi connectivity index (χ3v) is 7.90. The molecule has 0 spiro atoms. The largest absolute Gasteiger partial charge is 0.435 e. The van der Waals surface area contributed by atoms with Crippen LogP contribution in [0.3, 0.4) is 0 Å². The number of rotatable bonds is 4. The highest BCUT2D eigenvalue weighted by molar-refractivity contribution is 6.31. The van der Waals surface area contributed by atoms with Gasteiger partial charge >= 0.3 is 6.18 Å². The maximum Gasteiger partial charge on any atom is 0.435 e. The molecule has 7 nitrogen and oxygen atoms in total. The quantitative estimate of drug-likeness (QED) is 0.489. The van der Waals surface area contributed by atoms with Gasteiger partial charge < -0.3 is 15.4 Å². The molecule has 5 rings (SSSR count). The van der Waals surface area contributed by atoms with E-state index in [1.807, 2.05) is 0 Å². The van der Waals surface area contributed by atoms with Crippen molar-refractivity contribution in [3.8, 4) is 11.4 Å². The molecule has 2 aliphatic rings. The first kappa shape index (κ1) is 24.8. The SMILES string of the molecule is Cn1nc(C(F)(F)F)cc1C1(O)CC2CC(c3nc(-c4ccc(F)c(Cl)c4)n(C)c3C(N)=O)CC2C1. The van der Waals surface area contributed by atoms with Gasteiger partial charge in [0.05, 0.1) is 16.4 Å². The zero-order chi connectivity index (χ0) is 26.2. The standard InChI is InChI=1S/C24H24ClF4N5O2/c1-33-20(21(30)35)19(31-22(33)11-3-4-16(26)15(25)7-11)12-5-13-9-23(36,10-14(13)6-12)18-8-17(24(27,28)29)32-34(18)2/h3-4,7-8,12-14,36H,5-6,9-10H2,1-2H3,(H2,30,35). The van der Waals surface area contributed by atoms with Gasteiger partial charge in [-0.05, 0) is 61.8 Å². The number of fused-ring (bicyclic) bond motifs is 1. The van der Waals surface area contributed by atoms with Crippen LogP contribution in [-0.4, -0.2) is 30.3 Å². The van der Waals surface area contributed by atoms with Crippen LogP contribution in [0.1, 0.15) is 59.2 Å². The van der Waals surface area contributed by atoms with E-state index in [-0.39, 0.29) is 47.0 Å². The van der Waals surface area contributed by atoms with Crippen molar-refractivity contribution in [2.75, 3.05) is 0 Å². The fraction of sp³-hybridized carbons (Fsp3) is 0.458. The summed E-state index contributed by atoms with van der Waals surface area (Å²) in [5, 5.41) is 14.8. The molecule has 2 fully saturated rings. The van der Waals surface area contributed by atoms with E-state index in [0.717, 1.165) is 10.7 Å². The van der Waals surface area contributed by atoms with Gasteiger partial charge in [0.1, 0.15) is 22.9 Å². The Balaban J connectivity index is 1.42. The number of hydrogen-bond donors (Lipinski definition) is 2. The van der Waals surface area contributed by atoms with Crippen molar-refractivity contribution in [1.82, 2.24) is 19.3 Å². The molecule has 3 aromatic rings. The first-order valence-corrected chi connectivity index (χ1v) is 11.8. The minimum absolute atomic E-state index is 0.0238. The molecule has 1 amide bonds. The summed E-state index contributed by atoms with van der Waals surface area (Å²) < 4.78 is 55.7. The second kappa shape index (κ2) is 8.31. The zero-order valence-corrected chi connectivity index (χ0v) is 20.2. The molecule has 12 heteroatoms. The number of aliphatic hydroxyl groups is 1. The number of benzene rings is 1. The number of hydrogen-bond acceptors (Lipinski definition) is 4. The number of nitrogens with two attached hydrogens (primary N) is 1. The minimum atomic E-state index is -4.59. The molecule has 2 saturated carbocycles. The molecule has 2 aromatic heterocycles. The molecular weight excluding hydrogens is 502 g/mol. The van der Waals surface area contributed by atoms with Gasteiger partial charge in [-0.2, -0.15) is 18.3 Å². The Bertz CT molecular complexity index is 1350. The Kier molecular flexibility index (Phi) is 5.71. The van der Waals surface area contributed by atoms with E-state index in [1.54, 1.807) is 11.6 Å². The van der Waals surface area contributed by atoms with E-state index >= 15 is 0 Å². The molecule has 36 heavy (non-hydrogen) atoms. The molecule has 0 saturated heterocycles. The second-order valence-electron chi connectivity index (χ2n) is 9.89. The fourth-order valence-electron chi connectivity index (χ4n) is 6.13. The Hall–Kier alpha value is -2.92. The van der Waals surface area contributed by atoms with Gasteiger partial charge in [0.2, 0.25) is 0 Å². The third kappa shape index (κ3) is 3.98. The maximum absolute atomic E-state index is 13.7. The number of alkyl halides is 3. The van der Waals surface area contributed by atoms with Crippen LogP contribution in [0.15, 0.2) is 24.3 Å². The summed E-state index contributed by atoms with van der Waals surface area (Å²) in [5.74, 6) is -0.880. The Morgan fingerprint density at radius 3 is 2.36 bits per heavy atom. The number of amides is 1. The van der Waals surface area contributed by atoms with Gasteiger partial charge in [0, 0.05) is 25.6 Å². The first-order valence-electron chi connectivity index (χ1n) is 11.4. The van der Waals surface area contributed by atoms with Crippen LogP contribution in [0, 0.1) is 17.7 Å². The van der Waals surface area contributed by atoms with E-state index in [4.69, 9.17) is 22.3 Å². The van der Waals surface area contributed by atoms with Gasteiger partial charge in [-0.15, -0.1) is 0 Å². The molecule has 0 radical (unpaired) electrons. The molecule has 2 aliphatic carbocycles. The monoisotopic (exact) mass is 525 g/mol. The number of aryl methyl sites for hydroxylation is 1. The van der Waals surface area contributed by atoms with Gasteiger partial charge in [0.15, 0.2) is 5.69 Å². The number of aromatic nitrogens is 4. The van der Waals surface area contributed by atoms with E-state index in [9.17, 15) is 27.5 Å². The summed E-state index contributed by atoms with van der Waals surface area (Å²) in [7, 11) is 3.05. The molecule has 2 unspecified atom stereocenters. The van der Waals surface area contributed by atoms with Gasteiger partial charge in [-0.3, -0.25) is 9.48 Å². The Morgan fingerprint density at radius 2 is 1.83 bits per heavy atom. The summed E-state index contributed by atoms with van der Waals surface area (Å²) in [4.78, 5) is 17.1. The number of imidazole rings is 1. The first-order chi connectivity index (χ1) is 16.8. The van der Waals surface area contributed by atoms with Crippen molar-refractivity contribution >= 4 is 17.5 Å². The van der Waals surface area contributed by atoms with E-state index < -0.39 is 29.2 Å². The van der Waals surface area contributed by atoms with E-state index in [1.165, 1.54) is 25.2 Å². The van der Waals surface area contributed by atoms with Gasteiger partial charge in [0.25, 0.3) is 5.91 Å². The van der Waals surface area contributed by atoms with Crippen LogP contribution in [0.25, 0.3) is 11.4 Å². The Morgan fingerprint density at radius 1 is 1.19 bits per heavy atom. The summed E-state index contributed by atoms with van der Waals surface area (Å²) in [6.07, 6.45) is -2.84. The normalized spacial score (nSPS) is 25.9. The molecule has 2 heterocycles. The molecule has 2 atom stereocenters. The summed E-state index contributed by atoms with van der Waals surface area (Å²) in [6.45, 7) is 0. The highest BCUT2D eigenvalue weighted by Crippen LogP contribution is 2.57. The molecule has 3 N–H and O–H groups in total. The third-order valence-electron chi connectivity index (χ3n) is 7.61. The van der Waals surface area contributed by atoms with Crippen LogP contribution in [0.5, 0.6) is 0 Å². The maximum atomic E-state index is 13.7. The molecule has 1 aromatic carbocycles. The van der Waals surface area contributed by atoms with Crippen LogP contribution in [-0.2, 0) is 25.9 Å². The highest BCUT2D eigenvalue weighted by atomic mass is 35.5. The smallest absolute Gasteiger partial charge is 0.384 e. The second-order valence-corrected chi connectivity index (χ2v) is 10.3. The summed E-state index contributed by atoms with van der Waals surface area (Å²) in [6, 6.07) is 5.09. The van der Waals surface area contributed by atoms with Crippen molar-refractivity contribution in [2.24, 2.45) is 31.7 Å². The lowest BCUT2D eigenvalue weighted by Crippen LogP contribution is -2.26. The average molecular weight is 526 g/mol. The number of carbonyl (C=O) groups excluding carboxylic acids is 1. The van der Waals surface area contributed by atoms with Crippen molar-refractivity contribution in [3.63, 3.8) is 0 Å². The van der Waals surface area contributed by atoms with Gasteiger partial charge in [-0.1, -0.05) is 11.6 Å². The number of nitrogens with zero attached hydrogens (tertiary/aromatic N) is 4. The number of halogens is 5. The van der Waals surface area contributed by atoms with Crippen LogP contribution in [0.2, 0.25) is 5.02 Å². The minimum Gasteiger partial charge on any atom is -0.384 e. The molecule has 0 bridgehead atoms. The number of carbonyl (C=O) groups is 1. The molecular formula is C24H24ClF4N5O2. The van der Waals surface area contributed by atoms with Crippen molar-refractivity contribution < 1.29 is 27.5 Å². The topological polar surface area (TPSA) is 99.0 Å². The van der Waals surface area contributed by atoms with Gasteiger partial charge in [-0.25, -0.2) is 9.37 Å². The lowest BCUT2D eigenvalue weighted by atomic mass is 9.90. The lowest BCUT2D eigenvalue weighted by molar-refractivity contribution is -0.141. The predicted octanol–water partition coefficient (Wildman–Crippen LogP) is 4.52. The predicted molar refractivity (Wildman–Crippen MR) is 122 cm³/mol. The van der Waals surface area contributed by atoms with Crippen LogP contribution in [0.4, 0.5) is 17.6 Å². The van der Waals surface area contributed by atoms with E-state index in [2.05, 4.69) is 5.10 Å². The zero-order valence-electron chi connectivity index (χ0n) is 19.5. The molecule has 0 aliphatic heterocycles. The van der Waals surface area contributed by atoms with Crippen LogP contribution < -0.4 is 5.73 Å². The van der Waals surface area contributed by atoms with E-state index in [0.29, 0.717) is 29.9 Å².